The van der Waals surface area contributed by atoms with Crippen molar-refractivity contribution in [2.45, 2.75) is 31.4 Å². The van der Waals surface area contributed by atoms with Gasteiger partial charge in [0.05, 0.1) is 6.33 Å². The summed E-state index contributed by atoms with van der Waals surface area (Å²) in [6.45, 7) is 1.53. The largest absolute Gasteiger partial charge is 0.480 e. The number of fused-ring (bicyclic) bond motifs is 1. The van der Waals surface area contributed by atoms with Crippen LogP contribution in [0.4, 0.5) is 0 Å². The lowest BCUT2D eigenvalue weighted by molar-refractivity contribution is -0.139. The van der Waals surface area contributed by atoms with Crippen LogP contribution in [0.1, 0.15) is 24.4 Å². The van der Waals surface area contributed by atoms with Gasteiger partial charge < -0.3 is 14.2 Å². The van der Waals surface area contributed by atoms with E-state index in [0.29, 0.717) is 17.5 Å². The molecule has 0 bridgehead atoms. The third-order valence-electron chi connectivity index (χ3n) is 4.70. The number of piperidine rings is 1. The van der Waals surface area contributed by atoms with Crippen molar-refractivity contribution in [2.75, 3.05) is 13.1 Å². The second-order valence-corrected chi connectivity index (χ2v) is 6.57. The Hall–Kier alpha value is -2.01. The van der Waals surface area contributed by atoms with Gasteiger partial charge in [-0.1, -0.05) is 11.6 Å². The van der Waals surface area contributed by atoms with Crippen molar-refractivity contribution in [3.8, 4) is 5.75 Å². The molecule has 2 aliphatic rings. The number of carbonyl (C=O) groups is 1. The zero-order valence-corrected chi connectivity index (χ0v) is 13.4. The molecule has 1 fully saturated rings. The predicted octanol–water partition coefficient (Wildman–Crippen LogP) is 2.70. The highest BCUT2D eigenvalue weighted by atomic mass is 35.5. The number of likely N-dealkylation sites (tertiary alicyclic amines) is 1. The first-order valence-corrected chi connectivity index (χ1v) is 8.30. The first-order valence-electron chi connectivity index (χ1n) is 7.92. The number of hydrogen-bond donors (Lipinski definition) is 0. The maximum Gasteiger partial charge on any atom is 0.263 e. The Labute approximate surface area is 139 Å². The second-order valence-electron chi connectivity index (χ2n) is 6.13. The van der Waals surface area contributed by atoms with Gasteiger partial charge in [-0.3, -0.25) is 4.79 Å². The molecule has 1 amide bonds. The molecule has 2 aromatic rings. The molecule has 0 radical (unpaired) electrons. The van der Waals surface area contributed by atoms with Crippen LogP contribution in [0.3, 0.4) is 0 Å². The Morgan fingerprint density at radius 2 is 2.13 bits per heavy atom. The fraction of sp³-hybridized carbons (Fsp3) is 0.412. The van der Waals surface area contributed by atoms with Crippen molar-refractivity contribution in [1.29, 1.82) is 0 Å². The molecule has 6 heteroatoms. The molecule has 0 saturated carbocycles. The molecule has 1 aromatic carbocycles. The second kappa shape index (κ2) is 5.89. The van der Waals surface area contributed by atoms with Gasteiger partial charge in [0.2, 0.25) is 0 Å². The van der Waals surface area contributed by atoms with Crippen molar-refractivity contribution in [3.63, 3.8) is 0 Å². The number of rotatable bonds is 2. The number of imidazole rings is 1. The molecule has 0 aliphatic carbocycles. The number of nitrogens with zero attached hydrogens (tertiary/aromatic N) is 3. The number of aromatic nitrogens is 2. The van der Waals surface area contributed by atoms with Gasteiger partial charge in [0, 0.05) is 43.0 Å². The first kappa shape index (κ1) is 14.6. The Balaban J connectivity index is 1.38. The number of amides is 1. The average molecular weight is 332 g/mol. The molecule has 2 aliphatic heterocycles. The number of halogens is 1. The number of carbonyl (C=O) groups excluding carboxylic acids is 1. The van der Waals surface area contributed by atoms with E-state index in [1.165, 1.54) is 0 Å². The van der Waals surface area contributed by atoms with E-state index >= 15 is 0 Å². The average Bonchev–Trinajstić information content (AvgIpc) is 3.23. The maximum absolute atomic E-state index is 12.7. The van der Waals surface area contributed by atoms with Crippen LogP contribution in [0.15, 0.2) is 36.9 Å². The van der Waals surface area contributed by atoms with Crippen LogP contribution in [0.2, 0.25) is 5.02 Å². The van der Waals surface area contributed by atoms with E-state index in [0.717, 1.165) is 37.2 Å². The Bertz CT molecular complexity index is 709. The number of ether oxygens (including phenoxy) is 1. The van der Waals surface area contributed by atoms with Crippen molar-refractivity contribution in [2.24, 2.45) is 0 Å². The number of hydrogen-bond acceptors (Lipinski definition) is 3. The topological polar surface area (TPSA) is 47.4 Å². The fourth-order valence-corrected chi connectivity index (χ4v) is 3.62. The zero-order valence-electron chi connectivity index (χ0n) is 12.7. The van der Waals surface area contributed by atoms with E-state index < -0.39 is 6.10 Å². The summed E-state index contributed by atoms with van der Waals surface area (Å²) in [5.74, 6) is 0.863. The highest BCUT2D eigenvalue weighted by molar-refractivity contribution is 6.30. The minimum absolute atomic E-state index is 0.0846. The Kier molecular flexibility index (Phi) is 3.73. The van der Waals surface area contributed by atoms with Crippen molar-refractivity contribution < 1.29 is 9.53 Å². The molecule has 1 atom stereocenters. The Morgan fingerprint density at radius 3 is 2.87 bits per heavy atom. The van der Waals surface area contributed by atoms with Gasteiger partial charge in [-0.05, 0) is 36.6 Å². The molecular weight excluding hydrogens is 314 g/mol. The molecule has 4 rings (SSSR count). The summed E-state index contributed by atoms with van der Waals surface area (Å²) >= 11 is 6.01. The normalized spacial score (nSPS) is 21.1. The lowest BCUT2D eigenvalue weighted by Crippen LogP contribution is -2.45. The van der Waals surface area contributed by atoms with Gasteiger partial charge in [-0.25, -0.2) is 4.98 Å². The van der Waals surface area contributed by atoms with Gasteiger partial charge in [-0.15, -0.1) is 0 Å². The molecule has 0 N–H and O–H groups in total. The standard InChI is InChI=1S/C17H18ClN3O2/c18-13-1-2-15-12(9-13)10-16(23-15)17(22)20-6-3-14(4-7-20)21-8-5-19-11-21/h1-2,5,8-9,11,14,16H,3-4,6-7,10H2. The predicted molar refractivity (Wildman–Crippen MR) is 86.7 cm³/mol. The summed E-state index contributed by atoms with van der Waals surface area (Å²) in [6.07, 6.45) is 7.74. The first-order chi connectivity index (χ1) is 11.2. The van der Waals surface area contributed by atoms with Crippen LogP contribution in [0, 0.1) is 0 Å². The van der Waals surface area contributed by atoms with E-state index in [2.05, 4.69) is 9.55 Å². The van der Waals surface area contributed by atoms with Crippen molar-refractivity contribution in [1.82, 2.24) is 14.5 Å². The highest BCUT2D eigenvalue weighted by Gasteiger charge is 2.34. The van der Waals surface area contributed by atoms with Crippen LogP contribution < -0.4 is 4.74 Å². The molecular formula is C17H18ClN3O2. The molecule has 1 aromatic heterocycles. The summed E-state index contributed by atoms with van der Waals surface area (Å²) in [7, 11) is 0. The van der Waals surface area contributed by atoms with E-state index in [1.54, 1.807) is 12.3 Å². The summed E-state index contributed by atoms with van der Waals surface area (Å²) in [5, 5.41) is 0.682. The van der Waals surface area contributed by atoms with Gasteiger partial charge in [0.25, 0.3) is 5.91 Å². The SMILES string of the molecule is O=C(C1Cc2cc(Cl)ccc2O1)N1CCC(n2ccnc2)CC1. The quantitative estimate of drug-likeness (QED) is 0.850. The van der Waals surface area contributed by atoms with Gasteiger partial charge in [0.15, 0.2) is 6.10 Å². The monoisotopic (exact) mass is 331 g/mol. The van der Waals surface area contributed by atoms with Gasteiger partial charge in [-0.2, -0.15) is 0 Å². The molecule has 120 valence electrons. The Morgan fingerprint density at radius 1 is 1.30 bits per heavy atom. The van der Waals surface area contributed by atoms with Crippen LogP contribution in [-0.2, 0) is 11.2 Å². The molecule has 3 heterocycles. The van der Waals surface area contributed by atoms with Gasteiger partial charge in [0.1, 0.15) is 5.75 Å². The van der Waals surface area contributed by atoms with Crippen LogP contribution in [0.5, 0.6) is 5.75 Å². The van der Waals surface area contributed by atoms with Crippen molar-refractivity contribution >= 4 is 17.5 Å². The zero-order chi connectivity index (χ0) is 15.8. The van der Waals surface area contributed by atoms with E-state index in [1.807, 2.05) is 29.6 Å². The van der Waals surface area contributed by atoms with Crippen LogP contribution >= 0.6 is 11.6 Å². The highest BCUT2D eigenvalue weighted by Crippen LogP contribution is 2.32. The van der Waals surface area contributed by atoms with Crippen LogP contribution in [-0.4, -0.2) is 39.6 Å². The van der Waals surface area contributed by atoms with Crippen molar-refractivity contribution in [3.05, 3.63) is 47.5 Å². The molecule has 0 spiro atoms. The summed E-state index contributed by atoms with van der Waals surface area (Å²) in [4.78, 5) is 18.7. The third-order valence-corrected chi connectivity index (χ3v) is 4.93. The molecule has 23 heavy (non-hydrogen) atoms. The van der Waals surface area contributed by atoms with E-state index in [9.17, 15) is 4.79 Å². The smallest absolute Gasteiger partial charge is 0.263 e. The lowest BCUT2D eigenvalue weighted by Gasteiger charge is -2.33. The third kappa shape index (κ3) is 2.81. The minimum Gasteiger partial charge on any atom is -0.480 e. The number of benzene rings is 1. The van der Waals surface area contributed by atoms with E-state index in [-0.39, 0.29) is 5.91 Å². The summed E-state index contributed by atoms with van der Waals surface area (Å²) in [6, 6.07) is 5.96. The van der Waals surface area contributed by atoms with Gasteiger partial charge >= 0.3 is 0 Å². The molecule has 1 saturated heterocycles. The molecule has 5 nitrogen and oxygen atoms in total. The van der Waals surface area contributed by atoms with Crippen LogP contribution in [0.25, 0.3) is 0 Å². The minimum atomic E-state index is -0.409. The maximum atomic E-state index is 12.7. The fourth-order valence-electron chi connectivity index (χ4n) is 3.43. The summed E-state index contributed by atoms with van der Waals surface area (Å²) < 4.78 is 7.94. The molecule has 1 unspecified atom stereocenters. The lowest BCUT2D eigenvalue weighted by atomic mass is 10.0. The van der Waals surface area contributed by atoms with E-state index in [4.69, 9.17) is 16.3 Å². The summed E-state index contributed by atoms with van der Waals surface area (Å²) in [5.41, 5.74) is 1.02.